The van der Waals surface area contributed by atoms with Crippen molar-refractivity contribution in [2.24, 2.45) is 0 Å². The SMILES string of the molecule is COc1ccc(N2C(=O)C(Cl)=C(Nc3cccc(C(=O)Nc4cc(C)ccc4C)c3)C2=O)c(OC)c1. The number of imide groups is 1. The second-order valence-electron chi connectivity index (χ2n) is 8.15. The zero-order chi connectivity index (χ0) is 26.0. The van der Waals surface area contributed by atoms with Crippen LogP contribution in [0.5, 0.6) is 11.5 Å². The highest BCUT2D eigenvalue weighted by Crippen LogP contribution is 2.37. The molecule has 0 radical (unpaired) electrons. The average molecular weight is 506 g/mol. The molecule has 0 unspecified atom stereocenters. The topological polar surface area (TPSA) is 97.0 Å². The van der Waals surface area contributed by atoms with Crippen LogP contribution in [0.15, 0.2) is 71.4 Å². The second-order valence-corrected chi connectivity index (χ2v) is 8.53. The van der Waals surface area contributed by atoms with E-state index < -0.39 is 11.8 Å². The van der Waals surface area contributed by atoms with Gasteiger partial charge < -0.3 is 20.1 Å². The lowest BCUT2D eigenvalue weighted by molar-refractivity contribution is -0.120. The fourth-order valence-electron chi connectivity index (χ4n) is 3.75. The van der Waals surface area contributed by atoms with Crippen LogP contribution in [-0.4, -0.2) is 31.9 Å². The Balaban J connectivity index is 1.57. The standard InChI is InChI=1S/C27H24ClN3O5/c1-15-8-9-16(2)20(12-15)30-25(32)17-6-5-7-18(13-17)29-24-23(28)26(33)31(27(24)34)21-11-10-19(35-3)14-22(21)36-4/h5-14,29H,1-4H3,(H,30,32). The van der Waals surface area contributed by atoms with Crippen LogP contribution >= 0.6 is 11.6 Å². The number of carbonyl (C=O) groups is 3. The number of nitrogens with one attached hydrogen (secondary N) is 2. The Kier molecular flexibility index (Phi) is 6.98. The minimum Gasteiger partial charge on any atom is -0.497 e. The van der Waals surface area contributed by atoms with Gasteiger partial charge in [0.25, 0.3) is 17.7 Å². The maximum atomic E-state index is 13.2. The zero-order valence-corrected chi connectivity index (χ0v) is 20.9. The maximum Gasteiger partial charge on any atom is 0.283 e. The Morgan fingerprint density at radius 1 is 0.917 bits per heavy atom. The molecule has 8 nitrogen and oxygen atoms in total. The molecule has 36 heavy (non-hydrogen) atoms. The minimum atomic E-state index is -0.698. The van der Waals surface area contributed by atoms with Crippen molar-refractivity contribution in [1.29, 1.82) is 0 Å². The Hall–Kier alpha value is -4.30. The molecule has 3 amide bonds. The van der Waals surface area contributed by atoms with Crippen LogP contribution in [0.3, 0.4) is 0 Å². The molecule has 0 saturated heterocycles. The Bertz CT molecular complexity index is 1420. The van der Waals surface area contributed by atoms with Gasteiger partial charge in [-0.05, 0) is 61.4 Å². The number of hydrogen-bond donors (Lipinski definition) is 2. The van der Waals surface area contributed by atoms with Gasteiger partial charge in [0.2, 0.25) is 0 Å². The van der Waals surface area contributed by atoms with Crippen LogP contribution < -0.4 is 25.0 Å². The smallest absolute Gasteiger partial charge is 0.283 e. The van der Waals surface area contributed by atoms with Crippen LogP contribution in [0, 0.1) is 13.8 Å². The summed E-state index contributed by atoms with van der Waals surface area (Å²) in [5.74, 6) is -0.893. The van der Waals surface area contributed by atoms with Crippen molar-refractivity contribution in [2.75, 3.05) is 29.8 Å². The monoisotopic (exact) mass is 505 g/mol. The third kappa shape index (κ3) is 4.76. The number of aryl methyl sites for hydroxylation is 2. The van der Waals surface area contributed by atoms with E-state index in [1.54, 1.807) is 42.5 Å². The fraction of sp³-hybridized carbons (Fsp3) is 0.148. The van der Waals surface area contributed by atoms with Gasteiger partial charge in [-0.15, -0.1) is 0 Å². The van der Waals surface area contributed by atoms with Crippen molar-refractivity contribution in [3.63, 3.8) is 0 Å². The molecule has 0 saturated carbocycles. The third-order valence-electron chi connectivity index (χ3n) is 5.69. The molecule has 0 aliphatic carbocycles. The fourth-order valence-corrected chi connectivity index (χ4v) is 3.96. The van der Waals surface area contributed by atoms with E-state index in [0.29, 0.717) is 22.7 Å². The summed E-state index contributed by atoms with van der Waals surface area (Å²) in [7, 11) is 2.92. The predicted octanol–water partition coefficient (Wildman–Crippen LogP) is 5.01. The van der Waals surface area contributed by atoms with E-state index in [2.05, 4.69) is 10.6 Å². The number of benzene rings is 3. The normalized spacial score (nSPS) is 13.2. The lowest BCUT2D eigenvalue weighted by atomic mass is 10.1. The molecule has 1 aliphatic heterocycles. The molecule has 3 aromatic rings. The van der Waals surface area contributed by atoms with Gasteiger partial charge in [-0.2, -0.15) is 0 Å². The van der Waals surface area contributed by atoms with E-state index in [-0.39, 0.29) is 28.1 Å². The maximum absolute atomic E-state index is 13.2. The Morgan fingerprint density at radius 3 is 2.42 bits per heavy atom. The van der Waals surface area contributed by atoms with Crippen LogP contribution in [0.25, 0.3) is 0 Å². The summed E-state index contributed by atoms with van der Waals surface area (Å²) in [6, 6.07) is 17.1. The molecule has 4 rings (SSSR count). The molecule has 184 valence electrons. The zero-order valence-electron chi connectivity index (χ0n) is 20.1. The molecule has 0 bridgehead atoms. The molecular weight excluding hydrogens is 482 g/mol. The molecule has 1 aliphatic rings. The van der Waals surface area contributed by atoms with Crippen molar-refractivity contribution in [1.82, 2.24) is 0 Å². The molecule has 3 aromatic carbocycles. The van der Waals surface area contributed by atoms with Crippen molar-refractivity contribution in [3.8, 4) is 11.5 Å². The minimum absolute atomic E-state index is 0.105. The first kappa shape index (κ1) is 24.8. The van der Waals surface area contributed by atoms with Gasteiger partial charge in [0.05, 0.1) is 19.9 Å². The Labute approximate surface area is 213 Å². The number of anilines is 3. The summed E-state index contributed by atoms with van der Waals surface area (Å²) in [6.07, 6.45) is 0. The van der Waals surface area contributed by atoms with Gasteiger partial charge in [-0.25, -0.2) is 4.90 Å². The molecule has 0 aromatic heterocycles. The number of halogens is 1. The van der Waals surface area contributed by atoms with E-state index in [1.165, 1.54) is 14.2 Å². The summed E-state index contributed by atoms with van der Waals surface area (Å²) < 4.78 is 10.5. The molecule has 0 spiro atoms. The molecule has 9 heteroatoms. The summed E-state index contributed by atoms with van der Waals surface area (Å²) in [5.41, 5.74) is 3.57. The number of carbonyl (C=O) groups excluding carboxylic acids is 3. The second kappa shape index (κ2) is 10.1. The van der Waals surface area contributed by atoms with Crippen LogP contribution in [0.1, 0.15) is 21.5 Å². The summed E-state index contributed by atoms with van der Waals surface area (Å²) in [5, 5.41) is 5.53. The Morgan fingerprint density at radius 2 is 1.69 bits per heavy atom. The highest BCUT2D eigenvalue weighted by atomic mass is 35.5. The van der Waals surface area contributed by atoms with Crippen molar-refractivity contribution in [2.45, 2.75) is 13.8 Å². The number of ether oxygens (including phenoxy) is 2. The molecule has 2 N–H and O–H groups in total. The first-order valence-electron chi connectivity index (χ1n) is 11.0. The van der Waals surface area contributed by atoms with Crippen molar-refractivity contribution in [3.05, 3.63) is 88.1 Å². The molecule has 1 heterocycles. The van der Waals surface area contributed by atoms with Crippen LogP contribution in [0.4, 0.5) is 17.1 Å². The lowest BCUT2D eigenvalue weighted by Gasteiger charge is -2.18. The van der Waals surface area contributed by atoms with Gasteiger partial charge in [0, 0.05) is 23.0 Å². The third-order valence-corrected chi connectivity index (χ3v) is 6.04. The highest BCUT2D eigenvalue weighted by Gasteiger charge is 2.40. The highest BCUT2D eigenvalue weighted by molar-refractivity contribution is 6.53. The molecule has 0 fully saturated rings. The van der Waals surface area contributed by atoms with E-state index >= 15 is 0 Å². The number of hydrogen-bond acceptors (Lipinski definition) is 6. The number of nitrogens with zero attached hydrogens (tertiary/aromatic N) is 1. The van der Waals surface area contributed by atoms with E-state index in [4.69, 9.17) is 21.1 Å². The summed E-state index contributed by atoms with van der Waals surface area (Å²) in [6.45, 7) is 3.86. The molecular formula is C27H24ClN3O5. The van der Waals surface area contributed by atoms with Crippen LogP contribution in [0.2, 0.25) is 0 Å². The quantitative estimate of drug-likeness (QED) is 0.438. The average Bonchev–Trinajstić information content (AvgIpc) is 3.08. The number of methoxy groups -OCH3 is 2. The van der Waals surface area contributed by atoms with Crippen LogP contribution in [-0.2, 0) is 9.59 Å². The van der Waals surface area contributed by atoms with Gasteiger partial charge in [0.15, 0.2) is 0 Å². The van der Waals surface area contributed by atoms with Gasteiger partial charge >= 0.3 is 0 Å². The van der Waals surface area contributed by atoms with Gasteiger partial charge in [-0.3, -0.25) is 14.4 Å². The first-order valence-corrected chi connectivity index (χ1v) is 11.4. The summed E-state index contributed by atoms with van der Waals surface area (Å²) in [4.78, 5) is 39.9. The number of amides is 3. The van der Waals surface area contributed by atoms with Crippen molar-refractivity contribution >= 4 is 46.4 Å². The molecule has 0 atom stereocenters. The first-order chi connectivity index (χ1) is 17.2. The van der Waals surface area contributed by atoms with E-state index in [1.807, 2.05) is 32.0 Å². The lowest BCUT2D eigenvalue weighted by Crippen LogP contribution is -2.32. The van der Waals surface area contributed by atoms with Gasteiger partial charge in [0.1, 0.15) is 22.2 Å². The number of rotatable bonds is 7. The van der Waals surface area contributed by atoms with Gasteiger partial charge in [-0.1, -0.05) is 29.8 Å². The summed E-state index contributed by atoms with van der Waals surface area (Å²) >= 11 is 6.27. The van der Waals surface area contributed by atoms with E-state index in [0.717, 1.165) is 16.0 Å². The largest absolute Gasteiger partial charge is 0.497 e. The van der Waals surface area contributed by atoms with Crippen molar-refractivity contribution < 1.29 is 23.9 Å². The van der Waals surface area contributed by atoms with E-state index in [9.17, 15) is 14.4 Å². The predicted molar refractivity (Wildman–Crippen MR) is 139 cm³/mol.